The maximum absolute atomic E-state index is 10.8. The Morgan fingerprint density at radius 1 is 1.60 bits per heavy atom. The van der Waals surface area contributed by atoms with Gasteiger partial charge in [0.2, 0.25) is 11.8 Å². The van der Waals surface area contributed by atoms with E-state index in [1.54, 1.807) is 6.92 Å². The summed E-state index contributed by atoms with van der Waals surface area (Å²) in [4.78, 5) is 21.4. The van der Waals surface area contributed by atoms with Gasteiger partial charge in [0.25, 0.3) is 0 Å². The van der Waals surface area contributed by atoms with Crippen molar-refractivity contribution in [2.75, 3.05) is 0 Å². The summed E-state index contributed by atoms with van der Waals surface area (Å²) < 4.78 is 0. The van der Waals surface area contributed by atoms with Crippen LogP contribution >= 0.6 is 0 Å². The largest absolute Gasteiger partial charge is 0.320 e. The average Bonchev–Trinajstić information content (AvgIpc) is 1.82. The van der Waals surface area contributed by atoms with Gasteiger partial charge in [-0.25, -0.2) is 0 Å². The van der Waals surface area contributed by atoms with Gasteiger partial charge in [0, 0.05) is 6.42 Å². The Hall–Kier alpha value is -0.900. The second kappa shape index (κ2) is 2.38. The molecule has 0 aromatic rings. The molecule has 0 bridgehead atoms. The Morgan fingerprint density at radius 3 is 2.70 bits per heavy atom. The fourth-order valence-corrected chi connectivity index (χ4v) is 0.950. The molecule has 4 heteroatoms. The minimum atomic E-state index is -0.516. The molecule has 0 aliphatic carbocycles. The molecule has 0 saturated carbocycles. The second-order valence-corrected chi connectivity index (χ2v) is 2.62. The van der Waals surface area contributed by atoms with Crippen molar-refractivity contribution in [2.24, 2.45) is 11.7 Å². The summed E-state index contributed by atoms with van der Waals surface area (Å²) in [6.45, 7) is 1.79. The summed E-state index contributed by atoms with van der Waals surface area (Å²) in [6.07, 6.45) is 0.354. The van der Waals surface area contributed by atoms with Crippen molar-refractivity contribution in [3.8, 4) is 0 Å². The molecule has 4 nitrogen and oxygen atoms in total. The van der Waals surface area contributed by atoms with E-state index in [1.807, 2.05) is 0 Å². The number of nitrogens with two attached hydrogens (primary N) is 1. The van der Waals surface area contributed by atoms with E-state index < -0.39 is 6.04 Å². The van der Waals surface area contributed by atoms with Gasteiger partial charge in [-0.2, -0.15) is 0 Å². The number of imide groups is 1. The van der Waals surface area contributed by atoms with Crippen LogP contribution in [0, 0.1) is 5.92 Å². The lowest BCUT2D eigenvalue weighted by Gasteiger charge is -2.23. The van der Waals surface area contributed by atoms with Crippen LogP contribution in [-0.2, 0) is 9.59 Å². The minimum absolute atomic E-state index is 0.0266. The Balaban J connectivity index is 2.66. The van der Waals surface area contributed by atoms with Crippen LogP contribution in [0.15, 0.2) is 0 Å². The molecular formula is C6H10N2O2. The number of piperidine rings is 1. The molecule has 10 heavy (non-hydrogen) atoms. The van der Waals surface area contributed by atoms with Gasteiger partial charge in [-0.1, -0.05) is 6.92 Å². The highest BCUT2D eigenvalue weighted by Crippen LogP contribution is 2.10. The van der Waals surface area contributed by atoms with Crippen molar-refractivity contribution in [2.45, 2.75) is 19.4 Å². The summed E-state index contributed by atoms with van der Waals surface area (Å²) in [5, 5.41) is 2.16. The first-order valence-corrected chi connectivity index (χ1v) is 3.20. The first kappa shape index (κ1) is 7.21. The Kier molecular flexibility index (Phi) is 1.72. The molecular weight excluding hydrogens is 132 g/mol. The van der Waals surface area contributed by atoms with Crippen LogP contribution in [0.4, 0.5) is 0 Å². The van der Waals surface area contributed by atoms with Gasteiger partial charge in [-0.3, -0.25) is 14.9 Å². The van der Waals surface area contributed by atoms with E-state index in [0.717, 1.165) is 0 Å². The van der Waals surface area contributed by atoms with Crippen LogP contribution in [-0.4, -0.2) is 17.9 Å². The fraction of sp³-hybridized carbons (Fsp3) is 0.667. The molecule has 56 valence electrons. The van der Waals surface area contributed by atoms with Gasteiger partial charge in [-0.05, 0) is 5.92 Å². The molecule has 1 heterocycles. The highest BCUT2D eigenvalue weighted by molar-refractivity contribution is 6.00. The Morgan fingerprint density at radius 2 is 2.20 bits per heavy atom. The molecule has 0 spiro atoms. The lowest BCUT2D eigenvalue weighted by molar-refractivity contribution is -0.135. The molecule has 2 unspecified atom stereocenters. The predicted octanol–water partition coefficient (Wildman–Crippen LogP) is -1.00. The van der Waals surface area contributed by atoms with Crippen LogP contribution < -0.4 is 11.1 Å². The molecule has 1 fully saturated rings. The number of carbonyl (C=O) groups is 2. The first-order valence-electron chi connectivity index (χ1n) is 3.20. The van der Waals surface area contributed by atoms with Crippen LogP contribution in [0.25, 0.3) is 0 Å². The maximum atomic E-state index is 10.8. The number of hydrogen-bond acceptors (Lipinski definition) is 3. The zero-order valence-corrected chi connectivity index (χ0v) is 5.76. The predicted molar refractivity (Wildman–Crippen MR) is 34.9 cm³/mol. The summed E-state index contributed by atoms with van der Waals surface area (Å²) in [6, 6.07) is -0.516. The molecule has 1 aliphatic heterocycles. The van der Waals surface area contributed by atoms with Crippen molar-refractivity contribution >= 4 is 11.8 Å². The average molecular weight is 142 g/mol. The summed E-state index contributed by atoms with van der Waals surface area (Å²) >= 11 is 0. The molecule has 1 saturated heterocycles. The number of rotatable bonds is 0. The molecule has 3 N–H and O–H groups in total. The van der Waals surface area contributed by atoms with Gasteiger partial charge in [0.1, 0.15) is 0 Å². The quantitative estimate of drug-likeness (QED) is 0.426. The van der Waals surface area contributed by atoms with Gasteiger partial charge < -0.3 is 5.73 Å². The monoisotopic (exact) mass is 142 g/mol. The summed E-state index contributed by atoms with van der Waals surface area (Å²) in [5.74, 6) is -0.607. The molecule has 1 aliphatic rings. The maximum Gasteiger partial charge on any atom is 0.243 e. The SMILES string of the molecule is CC1CC(=O)NC(=O)C1N. The summed E-state index contributed by atoms with van der Waals surface area (Å²) in [7, 11) is 0. The minimum Gasteiger partial charge on any atom is -0.320 e. The van der Waals surface area contributed by atoms with E-state index in [9.17, 15) is 9.59 Å². The Bertz CT molecular complexity index is 179. The van der Waals surface area contributed by atoms with Gasteiger partial charge in [0.15, 0.2) is 0 Å². The third-order valence-corrected chi connectivity index (χ3v) is 1.69. The number of amides is 2. The van der Waals surface area contributed by atoms with E-state index >= 15 is 0 Å². The van der Waals surface area contributed by atoms with Crippen molar-refractivity contribution in [1.82, 2.24) is 5.32 Å². The van der Waals surface area contributed by atoms with Gasteiger partial charge >= 0.3 is 0 Å². The zero-order chi connectivity index (χ0) is 7.72. The van der Waals surface area contributed by atoms with E-state index in [0.29, 0.717) is 6.42 Å². The zero-order valence-electron chi connectivity index (χ0n) is 5.76. The smallest absolute Gasteiger partial charge is 0.243 e. The van der Waals surface area contributed by atoms with Crippen molar-refractivity contribution < 1.29 is 9.59 Å². The Labute approximate surface area is 58.8 Å². The van der Waals surface area contributed by atoms with Gasteiger partial charge in [0.05, 0.1) is 6.04 Å². The highest BCUT2D eigenvalue weighted by atomic mass is 16.2. The topological polar surface area (TPSA) is 72.2 Å². The highest BCUT2D eigenvalue weighted by Gasteiger charge is 2.29. The summed E-state index contributed by atoms with van der Waals surface area (Å²) in [5.41, 5.74) is 5.42. The number of hydrogen-bond donors (Lipinski definition) is 2. The fourth-order valence-electron chi connectivity index (χ4n) is 0.950. The van der Waals surface area contributed by atoms with Crippen molar-refractivity contribution in [1.29, 1.82) is 0 Å². The van der Waals surface area contributed by atoms with Gasteiger partial charge in [-0.15, -0.1) is 0 Å². The number of carbonyl (C=O) groups excluding carboxylic acids is 2. The van der Waals surface area contributed by atoms with Crippen LogP contribution in [0.3, 0.4) is 0 Å². The molecule has 0 radical (unpaired) electrons. The van der Waals surface area contributed by atoms with E-state index in [2.05, 4.69) is 5.32 Å². The van der Waals surface area contributed by atoms with Crippen molar-refractivity contribution in [3.05, 3.63) is 0 Å². The molecule has 2 amide bonds. The lowest BCUT2D eigenvalue weighted by atomic mass is 9.95. The van der Waals surface area contributed by atoms with Crippen LogP contribution in [0.1, 0.15) is 13.3 Å². The lowest BCUT2D eigenvalue weighted by Crippen LogP contribution is -2.52. The van der Waals surface area contributed by atoms with E-state index in [1.165, 1.54) is 0 Å². The molecule has 0 aromatic heterocycles. The third kappa shape index (κ3) is 1.16. The van der Waals surface area contributed by atoms with Crippen LogP contribution in [0.2, 0.25) is 0 Å². The molecule has 2 atom stereocenters. The normalized spacial score (nSPS) is 33.8. The molecule has 1 rings (SSSR count). The first-order chi connectivity index (χ1) is 4.61. The van der Waals surface area contributed by atoms with E-state index in [-0.39, 0.29) is 17.7 Å². The third-order valence-electron chi connectivity index (χ3n) is 1.69. The second-order valence-electron chi connectivity index (χ2n) is 2.62. The van der Waals surface area contributed by atoms with E-state index in [4.69, 9.17) is 5.73 Å². The van der Waals surface area contributed by atoms with Crippen molar-refractivity contribution in [3.63, 3.8) is 0 Å². The van der Waals surface area contributed by atoms with Crippen LogP contribution in [0.5, 0.6) is 0 Å². The number of nitrogens with one attached hydrogen (secondary N) is 1. The molecule has 0 aromatic carbocycles. The standard InChI is InChI=1S/C6H10N2O2/c1-3-2-4(9)8-6(10)5(3)7/h3,5H,2,7H2,1H3,(H,8,9,10).